The van der Waals surface area contributed by atoms with Gasteiger partial charge in [0.25, 0.3) is 0 Å². The van der Waals surface area contributed by atoms with Crippen LogP contribution in [0.3, 0.4) is 0 Å². The minimum Gasteiger partial charge on any atom is -0.496 e. The number of nitrogens with zero attached hydrogens (tertiary/aromatic N) is 1. The first-order valence-corrected chi connectivity index (χ1v) is 11.9. The number of aliphatic hydroxyl groups excluding tert-OH is 1. The van der Waals surface area contributed by atoms with Crippen LogP contribution in [0.2, 0.25) is 0 Å². The lowest BCUT2D eigenvalue weighted by molar-refractivity contribution is -0.136. The van der Waals surface area contributed by atoms with Gasteiger partial charge in [0.15, 0.2) is 0 Å². The van der Waals surface area contributed by atoms with Gasteiger partial charge in [-0.3, -0.25) is 4.79 Å². The van der Waals surface area contributed by atoms with E-state index in [9.17, 15) is 15.0 Å². The molecule has 1 aromatic carbocycles. The molecule has 1 aliphatic carbocycles. The zero-order chi connectivity index (χ0) is 24.0. The fourth-order valence-electron chi connectivity index (χ4n) is 4.22. The number of rotatable bonds is 12. The molecule has 0 saturated heterocycles. The minimum absolute atomic E-state index is 0.0794. The van der Waals surface area contributed by atoms with Crippen molar-refractivity contribution in [2.45, 2.75) is 70.4 Å². The van der Waals surface area contributed by atoms with Gasteiger partial charge in [-0.1, -0.05) is 12.8 Å². The molecule has 182 valence electrons. The van der Waals surface area contributed by atoms with Crippen LogP contribution in [0.4, 0.5) is 0 Å². The molecule has 1 unspecified atom stereocenters. The van der Waals surface area contributed by atoms with E-state index in [2.05, 4.69) is 4.98 Å². The number of carboxylic acids is 1. The van der Waals surface area contributed by atoms with Crippen molar-refractivity contribution in [2.75, 3.05) is 21.3 Å². The number of methoxy groups -OCH3 is 3. The van der Waals surface area contributed by atoms with Crippen LogP contribution in [-0.4, -0.2) is 54.7 Å². The molecule has 0 radical (unpaired) electrons. The number of ether oxygens (including phenoxy) is 4. The highest BCUT2D eigenvalue weighted by molar-refractivity contribution is 7.11. The summed E-state index contributed by atoms with van der Waals surface area (Å²) in [6, 6.07) is 3.61. The Labute approximate surface area is 198 Å². The standard InChI is InChI=1S/C24H33NO7S/c1-14-18(30-3)9-15(10-19(14)31-4)24(28)20(32-16-7-5-6-8-16)12-22-25-17(11-23(26)27)21(33-22)13-29-2/h9-10,16,20,24,28H,5-8,11-13H2,1-4H3,(H,26,27)/t20?,24-/m1/s1. The zero-order valence-corrected chi connectivity index (χ0v) is 20.4. The number of hydrogen-bond acceptors (Lipinski definition) is 8. The van der Waals surface area contributed by atoms with Crippen molar-refractivity contribution >= 4 is 17.3 Å². The maximum absolute atomic E-state index is 11.4. The van der Waals surface area contributed by atoms with Gasteiger partial charge >= 0.3 is 5.97 Å². The summed E-state index contributed by atoms with van der Waals surface area (Å²) in [5.74, 6) is 0.314. The van der Waals surface area contributed by atoms with E-state index in [1.165, 1.54) is 11.3 Å². The largest absolute Gasteiger partial charge is 0.496 e. The van der Waals surface area contributed by atoms with Crippen LogP contribution in [0, 0.1) is 6.92 Å². The highest BCUT2D eigenvalue weighted by Crippen LogP contribution is 2.36. The molecule has 0 amide bonds. The van der Waals surface area contributed by atoms with Crippen LogP contribution in [0.15, 0.2) is 12.1 Å². The van der Waals surface area contributed by atoms with Crippen molar-refractivity contribution in [1.82, 2.24) is 4.98 Å². The highest BCUT2D eigenvalue weighted by atomic mass is 32.1. The molecule has 9 heteroatoms. The van der Waals surface area contributed by atoms with E-state index in [0.29, 0.717) is 40.8 Å². The Morgan fingerprint density at radius 2 is 1.82 bits per heavy atom. The highest BCUT2D eigenvalue weighted by Gasteiger charge is 2.30. The third-order valence-electron chi connectivity index (χ3n) is 5.93. The summed E-state index contributed by atoms with van der Waals surface area (Å²) in [5.41, 5.74) is 1.99. The first-order valence-electron chi connectivity index (χ1n) is 11.1. The fourth-order valence-corrected chi connectivity index (χ4v) is 5.32. The molecule has 33 heavy (non-hydrogen) atoms. The van der Waals surface area contributed by atoms with Crippen LogP contribution < -0.4 is 9.47 Å². The van der Waals surface area contributed by atoms with Gasteiger partial charge in [-0.2, -0.15) is 0 Å². The van der Waals surface area contributed by atoms with E-state index in [1.54, 1.807) is 21.3 Å². The second-order valence-corrected chi connectivity index (χ2v) is 9.43. The number of carbonyl (C=O) groups is 1. The average Bonchev–Trinajstić information content (AvgIpc) is 3.43. The number of carboxylic acid groups (broad SMARTS) is 1. The molecule has 1 aliphatic rings. The van der Waals surface area contributed by atoms with Crippen LogP contribution in [0.25, 0.3) is 0 Å². The number of benzene rings is 1. The molecular weight excluding hydrogens is 446 g/mol. The van der Waals surface area contributed by atoms with Gasteiger partial charge in [0, 0.05) is 19.1 Å². The van der Waals surface area contributed by atoms with Gasteiger partial charge in [-0.05, 0) is 37.5 Å². The van der Waals surface area contributed by atoms with Crippen LogP contribution >= 0.6 is 11.3 Å². The molecule has 1 aromatic heterocycles. The van der Waals surface area contributed by atoms with E-state index in [4.69, 9.17) is 18.9 Å². The lowest BCUT2D eigenvalue weighted by Gasteiger charge is -2.27. The Bertz CT molecular complexity index is 914. The van der Waals surface area contributed by atoms with Gasteiger partial charge < -0.3 is 29.2 Å². The third-order valence-corrected chi connectivity index (χ3v) is 7.02. The van der Waals surface area contributed by atoms with Gasteiger partial charge in [0.2, 0.25) is 0 Å². The number of aliphatic hydroxyl groups is 1. The Morgan fingerprint density at radius 1 is 1.18 bits per heavy atom. The fraction of sp³-hybridized carbons (Fsp3) is 0.583. The monoisotopic (exact) mass is 479 g/mol. The quantitative estimate of drug-likeness (QED) is 0.473. The molecule has 3 rings (SSSR count). The van der Waals surface area contributed by atoms with Crippen molar-refractivity contribution in [3.05, 3.63) is 38.8 Å². The normalized spacial score (nSPS) is 16.0. The van der Waals surface area contributed by atoms with Crippen molar-refractivity contribution in [2.24, 2.45) is 0 Å². The second kappa shape index (κ2) is 11.8. The van der Waals surface area contributed by atoms with Gasteiger partial charge in [-0.25, -0.2) is 4.98 Å². The Morgan fingerprint density at radius 3 is 2.36 bits per heavy atom. The summed E-state index contributed by atoms with van der Waals surface area (Å²) < 4.78 is 22.6. The first-order chi connectivity index (χ1) is 15.9. The Kier molecular flexibility index (Phi) is 9.08. The molecule has 1 fully saturated rings. The minimum atomic E-state index is -0.943. The summed E-state index contributed by atoms with van der Waals surface area (Å²) in [6.45, 7) is 2.19. The second-order valence-electron chi connectivity index (χ2n) is 8.26. The predicted molar refractivity (Wildman–Crippen MR) is 124 cm³/mol. The number of thiazole rings is 1. The number of hydrogen-bond donors (Lipinski definition) is 2. The predicted octanol–water partition coefficient (Wildman–Crippen LogP) is 3.85. The molecule has 2 aromatic rings. The number of aromatic nitrogens is 1. The van der Waals surface area contributed by atoms with Gasteiger partial charge in [0.1, 0.15) is 17.6 Å². The van der Waals surface area contributed by atoms with Gasteiger partial charge in [0.05, 0.1) is 55.0 Å². The Hall–Kier alpha value is -2.20. The maximum Gasteiger partial charge on any atom is 0.309 e. The molecular formula is C24H33NO7S. The first kappa shape index (κ1) is 25.4. The molecule has 8 nitrogen and oxygen atoms in total. The SMILES string of the molecule is COCc1sc(CC(OC2CCCC2)[C@H](O)c2cc(OC)c(C)c(OC)c2)nc1CC(=O)O. The summed E-state index contributed by atoms with van der Waals surface area (Å²) in [4.78, 5) is 16.6. The molecule has 2 atom stereocenters. The summed E-state index contributed by atoms with van der Waals surface area (Å²) in [6.07, 6.45) is 2.92. The van der Waals surface area contributed by atoms with E-state index in [1.807, 2.05) is 19.1 Å². The molecule has 1 saturated carbocycles. The van der Waals surface area contributed by atoms with E-state index in [-0.39, 0.29) is 12.5 Å². The van der Waals surface area contributed by atoms with Crippen molar-refractivity contribution in [3.63, 3.8) is 0 Å². The summed E-state index contributed by atoms with van der Waals surface area (Å²) >= 11 is 1.40. The van der Waals surface area contributed by atoms with Crippen molar-refractivity contribution in [1.29, 1.82) is 0 Å². The zero-order valence-electron chi connectivity index (χ0n) is 19.6. The molecule has 0 bridgehead atoms. The summed E-state index contributed by atoms with van der Waals surface area (Å²) in [7, 11) is 4.74. The van der Waals surface area contributed by atoms with Gasteiger partial charge in [-0.15, -0.1) is 11.3 Å². The number of aliphatic carboxylic acids is 1. The lowest BCUT2D eigenvalue weighted by atomic mass is 9.99. The maximum atomic E-state index is 11.4. The molecule has 0 spiro atoms. The lowest BCUT2D eigenvalue weighted by Crippen LogP contribution is -2.29. The van der Waals surface area contributed by atoms with Crippen LogP contribution in [0.5, 0.6) is 11.5 Å². The van der Waals surface area contributed by atoms with E-state index in [0.717, 1.165) is 36.1 Å². The smallest absolute Gasteiger partial charge is 0.309 e. The Balaban J connectivity index is 1.91. The van der Waals surface area contributed by atoms with Crippen molar-refractivity contribution < 1.29 is 34.0 Å². The topological polar surface area (TPSA) is 107 Å². The van der Waals surface area contributed by atoms with Crippen molar-refractivity contribution in [3.8, 4) is 11.5 Å². The van der Waals surface area contributed by atoms with E-state index < -0.39 is 18.2 Å². The summed E-state index contributed by atoms with van der Waals surface area (Å²) in [5, 5.41) is 21.3. The van der Waals surface area contributed by atoms with Crippen LogP contribution in [0.1, 0.15) is 58.5 Å². The molecule has 0 aliphatic heterocycles. The third kappa shape index (κ3) is 6.44. The van der Waals surface area contributed by atoms with E-state index >= 15 is 0 Å². The van der Waals surface area contributed by atoms with Crippen LogP contribution in [-0.2, 0) is 33.7 Å². The molecule has 1 heterocycles. The molecule has 2 N–H and O–H groups in total. The average molecular weight is 480 g/mol.